The van der Waals surface area contributed by atoms with Crippen molar-refractivity contribution in [3.8, 4) is 0 Å². The minimum absolute atomic E-state index is 0.0857. The number of ether oxygens (including phenoxy) is 1. The maximum Gasteiger partial charge on any atom is 0.490 e. The van der Waals surface area contributed by atoms with E-state index < -0.39 is 54.1 Å². The third-order valence-electron chi connectivity index (χ3n) is 7.43. The fraction of sp³-hybridized carbons (Fsp3) is 0.500. The van der Waals surface area contributed by atoms with E-state index in [-0.39, 0.29) is 50.4 Å². The lowest BCUT2D eigenvalue weighted by molar-refractivity contribution is -0.192. The summed E-state index contributed by atoms with van der Waals surface area (Å²) < 4.78 is 37.2. The van der Waals surface area contributed by atoms with Crippen molar-refractivity contribution in [2.45, 2.75) is 89.9 Å². The molecule has 0 fully saturated rings. The topological polar surface area (TPSA) is 248 Å². The molecule has 2 rings (SSSR count). The first-order chi connectivity index (χ1) is 25.4. The monoisotopic (exact) mass is 767 g/mol. The van der Waals surface area contributed by atoms with Crippen molar-refractivity contribution >= 4 is 35.6 Å². The van der Waals surface area contributed by atoms with Crippen molar-refractivity contribution in [1.29, 1.82) is 0 Å². The number of alkyl halides is 3. The molecule has 54 heavy (non-hydrogen) atoms. The fourth-order valence-electron chi connectivity index (χ4n) is 4.75. The summed E-state index contributed by atoms with van der Waals surface area (Å²) in [6.07, 6.45) is -4.75. The van der Waals surface area contributed by atoms with Crippen LogP contribution in [0.15, 0.2) is 65.7 Å². The summed E-state index contributed by atoms with van der Waals surface area (Å²) >= 11 is 0. The number of aliphatic imine (C=N–C) groups is 1. The molecule has 0 bridgehead atoms. The second kappa shape index (κ2) is 24.9. The van der Waals surface area contributed by atoms with Crippen LogP contribution in [0.25, 0.3) is 0 Å². The van der Waals surface area contributed by atoms with E-state index in [1.165, 1.54) is 6.92 Å². The van der Waals surface area contributed by atoms with Gasteiger partial charge in [-0.2, -0.15) is 13.2 Å². The lowest BCUT2D eigenvalue weighted by Gasteiger charge is -2.27. The number of guanidine groups is 1. The number of aliphatic hydroxyl groups is 1. The van der Waals surface area contributed by atoms with E-state index in [1.54, 1.807) is 0 Å². The zero-order valence-electron chi connectivity index (χ0n) is 30.6. The van der Waals surface area contributed by atoms with Crippen LogP contribution >= 0.6 is 0 Å². The van der Waals surface area contributed by atoms with E-state index in [1.807, 2.05) is 74.5 Å². The Morgan fingerprint density at radius 3 is 1.96 bits per heavy atom. The van der Waals surface area contributed by atoms with Gasteiger partial charge in [0.15, 0.2) is 5.96 Å². The Hall–Kier alpha value is -5.23. The molecule has 0 saturated carbocycles. The number of nitrogens with zero attached hydrogens (tertiary/aromatic N) is 1. The quantitative estimate of drug-likeness (QED) is 0.0517. The van der Waals surface area contributed by atoms with E-state index >= 15 is 0 Å². The molecule has 18 heteroatoms. The Balaban J connectivity index is 0.00000189. The van der Waals surface area contributed by atoms with Crippen LogP contribution in [-0.2, 0) is 41.7 Å². The van der Waals surface area contributed by atoms with Crippen LogP contribution in [-0.4, -0.2) is 95.9 Å². The number of halogens is 3. The number of carboxylic acid groups (broad SMARTS) is 1. The third-order valence-corrected chi connectivity index (χ3v) is 7.43. The zero-order valence-corrected chi connectivity index (χ0v) is 30.6. The molecule has 0 heterocycles. The summed E-state index contributed by atoms with van der Waals surface area (Å²) in [7, 11) is 0. The molecule has 0 saturated heterocycles. The number of hydrogen-bond acceptors (Lipinski definition) is 8. The summed E-state index contributed by atoms with van der Waals surface area (Å²) in [5, 5.41) is 28.9. The number of nitrogens with one attached hydrogen (secondary N) is 4. The first-order valence-corrected chi connectivity index (χ1v) is 17.2. The van der Waals surface area contributed by atoms with E-state index in [0.717, 1.165) is 11.1 Å². The maximum atomic E-state index is 13.2. The number of carbonyl (C=O) groups excluding carboxylic acids is 4. The molecule has 2 aromatic rings. The minimum Gasteiger partial charge on any atom is -0.475 e. The summed E-state index contributed by atoms with van der Waals surface area (Å²) in [5.74, 6) is -4.68. The normalized spacial score (nSPS) is 13.2. The highest BCUT2D eigenvalue weighted by Crippen LogP contribution is 2.13. The molecule has 0 aromatic heterocycles. The first-order valence-electron chi connectivity index (χ1n) is 17.2. The highest BCUT2D eigenvalue weighted by molar-refractivity contribution is 5.92. The molecule has 0 aliphatic carbocycles. The van der Waals surface area contributed by atoms with Gasteiger partial charge in [-0.15, -0.1) is 0 Å². The standard InChI is InChI=1S/C34H51N7O6.C2HF3O2/c1-23(2)19-28(29(42)20-30(43)37-18-16-25-11-6-4-7-12-25)41-32(45)24(3)39-33(46)27(15-10-17-38-34(35)36)40-31(44)22-47-21-26-13-8-5-9-14-26;3-2(4,5)1(6)7/h4-9,11-14,23-24,27-29,42H,10,15-22H2,1-3H3,(H,37,43)(H,39,46)(H,40,44)(H,41,45)(H4,35,36,38);(H,6,7)/t24-,27-,28-,29-;/m0./s1. The van der Waals surface area contributed by atoms with Gasteiger partial charge in [-0.05, 0) is 49.7 Å². The van der Waals surface area contributed by atoms with Crippen LogP contribution < -0.4 is 32.7 Å². The molecule has 4 atom stereocenters. The molecule has 10 N–H and O–H groups in total. The van der Waals surface area contributed by atoms with Gasteiger partial charge in [0.1, 0.15) is 18.7 Å². The summed E-state index contributed by atoms with van der Waals surface area (Å²) in [6, 6.07) is 16.4. The van der Waals surface area contributed by atoms with Crippen LogP contribution in [0.1, 0.15) is 57.6 Å². The van der Waals surface area contributed by atoms with Gasteiger partial charge in [0.2, 0.25) is 23.6 Å². The van der Waals surface area contributed by atoms with Crippen LogP contribution in [0.4, 0.5) is 13.2 Å². The Kier molecular flexibility index (Phi) is 21.6. The number of rotatable bonds is 21. The maximum absolute atomic E-state index is 13.2. The molecule has 0 spiro atoms. The van der Waals surface area contributed by atoms with Crippen LogP contribution in [0.2, 0.25) is 0 Å². The largest absolute Gasteiger partial charge is 0.490 e. The SMILES string of the molecule is CC(C)C[C@H](NC(=O)[C@H](C)NC(=O)[C@H](CCCN=C(N)N)NC(=O)COCc1ccccc1)[C@@H](O)CC(=O)NCCc1ccccc1.O=C(O)C(F)(F)F. The molecule has 0 aliphatic heterocycles. The number of carboxylic acids is 1. The van der Waals surface area contributed by atoms with Gasteiger partial charge < -0.3 is 47.7 Å². The van der Waals surface area contributed by atoms with E-state index in [0.29, 0.717) is 25.8 Å². The molecule has 0 aliphatic rings. The van der Waals surface area contributed by atoms with Crippen LogP contribution in [0, 0.1) is 5.92 Å². The van der Waals surface area contributed by atoms with Crippen molar-refractivity contribution in [1.82, 2.24) is 21.3 Å². The number of aliphatic hydroxyl groups excluding tert-OH is 1. The predicted octanol–water partition coefficient (Wildman–Crippen LogP) is 1.52. The van der Waals surface area contributed by atoms with Gasteiger partial charge in [-0.1, -0.05) is 74.5 Å². The predicted molar refractivity (Wildman–Crippen MR) is 194 cm³/mol. The van der Waals surface area contributed by atoms with Crippen LogP contribution in [0.3, 0.4) is 0 Å². The Morgan fingerprint density at radius 2 is 1.43 bits per heavy atom. The van der Waals surface area contributed by atoms with Gasteiger partial charge >= 0.3 is 12.1 Å². The minimum atomic E-state index is -5.08. The lowest BCUT2D eigenvalue weighted by atomic mass is 9.96. The third kappa shape index (κ3) is 21.3. The average Bonchev–Trinajstić information content (AvgIpc) is 3.09. The second-order valence-corrected chi connectivity index (χ2v) is 12.7. The highest BCUT2D eigenvalue weighted by Gasteiger charge is 2.38. The lowest BCUT2D eigenvalue weighted by Crippen LogP contribution is -2.55. The van der Waals surface area contributed by atoms with Crippen LogP contribution in [0.5, 0.6) is 0 Å². The number of amides is 4. The number of aliphatic carboxylic acids is 1. The molecule has 0 radical (unpaired) electrons. The molecule has 300 valence electrons. The smallest absolute Gasteiger partial charge is 0.475 e. The van der Waals surface area contributed by atoms with E-state index in [9.17, 15) is 37.5 Å². The van der Waals surface area contributed by atoms with Gasteiger partial charge in [0.05, 0.1) is 25.2 Å². The Bertz CT molecular complexity index is 1480. The van der Waals surface area contributed by atoms with E-state index in [4.69, 9.17) is 26.1 Å². The van der Waals surface area contributed by atoms with Crippen molar-refractivity contribution in [2.24, 2.45) is 22.4 Å². The Morgan fingerprint density at radius 1 is 0.852 bits per heavy atom. The molecule has 0 unspecified atom stereocenters. The van der Waals surface area contributed by atoms with Crippen molar-refractivity contribution < 1.29 is 52.1 Å². The zero-order chi connectivity index (χ0) is 40.7. The number of nitrogens with two attached hydrogens (primary N) is 2. The number of benzene rings is 2. The Labute approximate surface area is 312 Å². The first kappa shape index (κ1) is 46.8. The van der Waals surface area contributed by atoms with Crippen molar-refractivity contribution in [2.75, 3.05) is 19.7 Å². The summed E-state index contributed by atoms with van der Waals surface area (Å²) in [5.41, 5.74) is 12.8. The summed E-state index contributed by atoms with van der Waals surface area (Å²) in [4.78, 5) is 64.4. The van der Waals surface area contributed by atoms with Crippen molar-refractivity contribution in [3.05, 3.63) is 71.8 Å². The fourth-order valence-corrected chi connectivity index (χ4v) is 4.75. The van der Waals surface area contributed by atoms with E-state index in [2.05, 4.69) is 26.3 Å². The van der Waals surface area contributed by atoms with Gasteiger partial charge in [0.25, 0.3) is 0 Å². The average molecular weight is 768 g/mol. The van der Waals surface area contributed by atoms with Crippen molar-refractivity contribution in [3.63, 3.8) is 0 Å². The molecule has 15 nitrogen and oxygen atoms in total. The number of hydrogen-bond donors (Lipinski definition) is 8. The summed E-state index contributed by atoms with van der Waals surface area (Å²) in [6.45, 7) is 6.01. The molecule has 2 aromatic carbocycles. The molecular formula is C36H52F3N7O8. The molecular weight excluding hydrogens is 715 g/mol. The van der Waals surface area contributed by atoms with Gasteiger partial charge in [0, 0.05) is 13.1 Å². The molecule has 4 amide bonds. The highest BCUT2D eigenvalue weighted by atomic mass is 19.4. The number of carbonyl (C=O) groups is 5. The van der Waals surface area contributed by atoms with Gasteiger partial charge in [-0.3, -0.25) is 24.2 Å². The van der Waals surface area contributed by atoms with Gasteiger partial charge in [-0.25, -0.2) is 4.79 Å². The second-order valence-electron chi connectivity index (χ2n) is 12.7.